The number of halogens is 10. The largest absolute Gasteiger partial charge is 0.497 e. The molecule has 544 valence electrons. The van der Waals surface area contributed by atoms with Crippen LogP contribution in [0.3, 0.4) is 0 Å². The van der Waals surface area contributed by atoms with Gasteiger partial charge in [0.1, 0.15) is 29.0 Å². The number of aromatic nitrogens is 6. The van der Waals surface area contributed by atoms with Crippen LogP contribution in [0.2, 0.25) is 0 Å². The average Bonchev–Trinajstić information content (AvgIpc) is 0.797. The van der Waals surface area contributed by atoms with Crippen molar-refractivity contribution in [1.29, 1.82) is 0 Å². The molecule has 6 heterocycles. The van der Waals surface area contributed by atoms with Gasteiger partial charge in [-0.25, -0.2) is 44.9 Å². The number of anilines is 6. The van der Waals surface area contributed by atoms with Crippen molar-refractivity contribution < 1.29 is 74.2 Å². The van der Waals surface area contributed by atoms with Gasteiger partial charge in [-0.05, 0) is 193 Å². The molecule has 11 aromatic rings. The molecule has 0 saturated carbocycles. The highest BCUT2D eigenvalue weighted by atomic mass is 79.9. The summed E-state index contributed by atoms with van der Waals surface area (Å²) in [7, 11) is -3.99. The molecule has 0 aliphatic heterocycles. The summed E-state index contributed by atoms with van der Waals surface area (Å²) in [5.41, 5.74) is 3.26. The van der Waals surface area contributed by atoms with Crippen LogP contribution in [-0.4, -0.2) is 99.1 Å². The molecule has 6 aromatic heterocycles. The number of nitrogens with zero attached hydrogens (tertiary/aromatic N) is 8. The number of aryl methyl sites for hydroxylation is 1. The highest BCUT2D eigenvalue weighted by Crippen LogP contribution is 2.37. The second-order valence-corrected chi connectivity index (χ2v) is 28.9. The quantitative estimate of drug-likeness (QED) is 0.0518. The first-order valence-corrected chi connectivity index (χ1v) is 35.6. The molecule has 0 atom stereocenters. The van der Waals surface area contributed by atoms with Crippen LogP contribution in [0.25, 0.3) is 22.5 Å². The van der Waals surface area contributed by atoms with Gasteiger partial charge < -0.3 is 25.4 Å². The predicted molar refractivity (Wildman–Crippen MR) is 380 cm³/mol. The van der Waals surface area contributed by atoms with Crippen LogP contribution in [0.5, 0.6) is 11.5 Å². The summed E-state index contributed by atoms with van der Waals surface area (Å²) in [5, 5.41) is 8.75. The molecule has 104 heavy (non-hydrogen) atoms. The van der Waals surface area contributed by atoms with Crippen molar-refractivity contribution >= 4 is 80.5 Å². The van der Waals surface area contributed by atoms with Gasteiger partial charge in [0.25, 0.3) is 0 Å². The Bertz CT molecular complexity index is 5000. The Kier molecular flexibility index (Phi) is 26.5. The minimum absolute atomic E-state index is 0.0292. The molecule has 0 radical (unpaired) electrons. The zero-order chi connectivity index (χ0) is 75.6. The summed E-state index contributed by atoms with van der Waals surface area (Å²) in [6.07, 6.45) is -6.37. The van der Waals surface area contributed by atoms with Crippen LogP contribution in [0.15, 0.2) is 250 Å². The van der Waals surface area contributed by atoms with Gasteiger partial charge in [0, 0.05) is 97.0 Å². The molecule has 4 N–H and O–H groups in total. The van der Waals surface area contributed by atoms with E-state index >= 15 is 0 Å². The topological polar surface area (TPSA) is 253 Å². The third kappa shape index (κ3) is 21.8. The first kappa shape index (κ1) is 79.3. The van der Waals surface area contributed by atoms with Gasteiger partial charge in [-0.15, -0.1) is 0 Å². The molecule has 0 aliphatic carbocycles. The van der Waals surface area contributed by atoms with Gasteiger partial charge in [0.2, 0.25) is 30.1 Å². The SMILES string of the molecule is CNS(=O)(=O)c1ccc(Nc2ccc(C(F)(F)F)cn2)c(-c2ccccn2)c1.COc1ccc(CN(C)S(=O)(=O)c2ccc(Nc3ccc(C(F)(F)F)cn3)c(-c3ccccn3)c2)cc1.COc1ccc(CN(C)S(=O)(=O)c2ccc(Nc3ccc(C(F)(F)F)cn3)c(Br)c2)cc1.Cc1ccccn1. The van der Waals surface area contributed by atoms with E-state index in [2.05, 4.69) is 66.5 Å². The Hall–Kier alpha value is -10.4. The predicted octanol–water partition coefficient (Wildman–Crippen LogP) is 16.4. The van der Waals surface area contributed by atoms with Crippen LogP contribution in [-0.2, 0) is 61.7 Å². The fourth-order valence-corrected chi connectivity index (χ4v) is 13.0. The molecular weight excluding hydrogens is 1500 g/mol. The number of methoxy groups -OCH3 is 2. The van der Waals surface area contributed by atoms with Gasteiger partial charge >= 0.3 is 18.5 Å². The van der Waals surface area contributed by atoms with E-state index in [-0.39, 0.29) is 45.2 Å². The molecule has 0 fully saturated rings. The zero-order valence-corrected chi connectivity index (χ0v) is 59.7. The Balaban J connectivity index is 0.000000189. The second-order valence-electron chi connectivity index (χ2n) is 22.0. The summed E-state index contributed by atoms with van der Waals surface area (Å²) < 4.78 is 207. The Labute approximate surface area is 602 Å². The van der Waals surface area contributed by atoms with Gasteiger partial charge in [0.15, 0.2) is 0 Å². The maximum absolute atomic E-state index is 13.4. The van der Waals surface area contributed by atoms with E-state index in [1.807, 2.05) is 25.1 Å². The monoisotopic (exact) mass is 1560 g/mol. The molecule has 20 nitrogen and oxygen atoms in total. The molecular formula is C71H64BrF9N12O8S3. The maximum Gasteiger partial charge on any atom is 0.417 e. The summed E-state index contributed by atoms with van der Waals surface area (Å²) in [6.45, 7) is 2.28. The fraction of sp³-hybridized carbons (Fsp3) is 0.155. The Morgan fingerprint density at radius 2 is 0.779 bits per heavy atom. The first-order chi connectivity index (χ1) is 49.2. The number of rotatable bonds is 20. The van der Waals surface area contributed by atoms with E-state index in [1.165, 1.54) is 103 Å². The minimum atomic E-state index is -4.50. The van der Waals surface area contributed by atoms with Crippen LogP contribution in [0.1, 0.15) is 33.5 Å². The van der Waals surface area contributed by atoms with E-state index in [4.69, 9.17) is 9.47 Å². The molecule has 0 amide bonds. The number of benzene rings is 5. The third-order valence-electron chi connectivity index (χ3n) is 14.8. The van der Waals surface area contributed by atoms with Crippen molar-refractivity contribution in [3.63, 3.8) is 0 Å². The lowest BCUT2D eigenvalue weighted by molar-refractivity contribution is -0.138. The number of ether oxygens (including phenoxy) is 2. The summed E-state index contributed by atoms with van der Waals surface area (Å²) in [5.74, 6) is 1.87. The number of hydrogen-bond acceptors (Lipinski definition) is 17. The van der Waals surface area contributed by atoms with Crippen LogP contribution in [0.4, 0.5) is 74.0 Å². The van der Waals surface area contributed by atoms with E-state index < -0.39 is 65.3 Å². The molecule has 0 saturated heterocycles. The summed E-state index contributed by atoms with van der Waals surface area (Å²) >= 11 is 3.31. The van der Waals surface area contributed by atoms with Crippen LogP contribution in [0, 0.1) is 6.92 Å². The molecule has 5 aromatic carbocycles. The van der Waals surface area contributed by atoms with E-state index in [0.29, 0.717) is 55.5 Å². The van der Waals surface area contributed by atoms with Gasteiger partial charge in [-0.1, -0.05) is 42.5 Å². The lowest BCUT2D eigenvalue weighted by Crippen LogP contribution is -2.26. The van der Waals surface area contributed by atoms with Crippen molar-refractivity contribution in [2.45, 2.75) is 53.2 Å². The normalized spacial score (nSPS) is 11.8. The van der Waals surface area contributed by atoms with Crippen LogP contribution >= 0.6 is 15.9 Å². The van der Waals surface area contributed by atoms with Gasteiger partial charge in [-0.3, -0.25) is 15.0 Å². The van der Waals surface area contributed by atoms with E-state index in [1.54, 1.807) is 118 Å². The highest BCUT2D eigenvalue weighted by Gasteiger charge is 2.33. The smallest absolute Gasteiger partial charge is 0.417 e. The highest BCUT2D eigenvalue weighted by molar-refractivity contribution is 9.10. The van der Waals surface area contributed by atoms with Crippen molar-refractivity contribution in [2.75, 3.05) is 51.3 Å². The zero-order valence-electron chi connectivity index (χ0n) is 55.7. The molecule has 0 bridgehead atoms. The van der Waals surface area contributed by atoms with Gasteiger partial charge in [0.05, 0.1) is 62.7 Å². The number of sulfonamides is 3. The van der Waals surface area contributed by atoms with Crippen molar-refractivity contribution in [2.24, 2.45) is 0 Å². The average molecular weight is 1560 g/mol. The van der Waals surface area contributed by atoms with E-state index in [9.17, 15) is 64.8 Å². The van der Waals surface area contributed by atoms with Crippen LogP contribution < -0.4 is 30.1 Å². The number of pyridine rings is 6. The maximum atomic E-state index is 13.4. The van der Waals surface area contributed by atoms with Crippen molar-refractivity contribution in [3.05, 3.63) is 269 Å². The lowest BCUT2D eigenvalue weighted by atomic mass is 10.1. The summed E-state index contributed by atoms with van der Waals surface area (Å²) in [6, 6.07) is 49.8. The fourth-order valence-electron chi connectivity index (χ4n) is 9.21. The number of alkyl halides is 9. The molecule has 11 rings (SSSR count). The van der Waals surface area contributed by atoms with E-state index in [0.717, 1.165) is 53.6 Å². The van der Waals surface area contributed by atoms with Gasteiger partial charge in [-0.2, -0.15) is 48.1 Å². The Morgan fingerprint density at radius 1 is 0.423 bits per heavy atom. The first-order valence-electron chi connectivity index (χ1n) is 30.5. The lowest BCUT2D eigenvalue weighted by Gasteiger charge is -2.19. The molecule has 0 unspecified atom stereocenters. The molecule has 0 spiro atoms. The molecule has 33 heteroatoms. The second kappa shape index (κ2) is 34.7. The summed E-state index contributed by atoms with van der Waals surface area (Å²) in [4.78, 5) is 24.0. The third-order valence-corrected chi connectivity index (χ3v) is 20.5. The number of nitrogens with one attached hydrogen (secondary N) is 4. The molecule has 0 aliphatic rings. The van der Waals surface area contributed by atoms with Crippen molar-refractivity contribution in [1.82, 2.24) is 43.2 Å². The van der Waals surface area contributed by atoms with Crippen molar-refractivity contribution in [3.8, 4) is 34.0 Å². The Morgan fingerprint density at radius 3 is 1.09 bits per heavy atom. The number of hydrogen-bond donors (Lipinski definition) is 4. The standard InChI is InChI=1S/C26H23F3N4O3S.C21H19BrF3N3O3S.C18H15F3N4O2S.C6H7N/c1-33(17-18-6-9-20(36-2)10-7-18)37(34,35)21-11-12-24(22(15-21)23-5-3-4-14-30-23)32-25-13-8-19(16-31-25)26(27,28)29;1-28(13-14-3-6-16(31-2)7-4-14)32(29,30)17-8-9-19(18(22)11-17)27-20-10-5-15(12-26-20)21(23,24)25;1-22-28(26,27)13-6-7-16(14(10-13)15-4-2-3-9-23-15)25-17-8-5-12(11-24-17)18(19,20)21;1-6-4-2-3-5-7-6/h3-16H,17H2,1-2H3,(H,31,32);3-12H,13H2,1-2H3,(H,26,27);2-11,22H,1H3,(H,24,25);2-5H,1H3. The minimum Gasteiger partial charge on any atom is -0.497 e.